The first-order valence-electron chi connectivity index (χ1n) is 14.5. The van der Waals surface area contributed by atoms with Crippen LogP contribution in [0.5, 0.6) is 0 Å². The van der Waals surface area contributed by atoms with Gasteiger partial charge in [0, 0.05) is 6.42 Å². The van der Waals surface area contributed by atoms with Crippen molar-refractivity contribution in [3.05, 3.63) is 0 Å². The monoisotopic (exact) mass is 631 g/mol. The SMILES string of the molecule is C1COC(C2=NCCO2)=N1.CC(C)C(=O)O.CC(C)C(=O)O.CC(C)C(=O)OCCCC(=O)C(=O)NCCOC(=O)C(C)C. The summed E-state index contributed by atoms with van der Waals surface area (Å²) in [7, 11) is 0. The lowest BCUT2D eigenvalue weighted by Crippen LogP contribution is -2.34. The highest BCUT2D eigenvalue weighted by atomic mass is 16.5. The fraction of sp³-hybridized carbons (Fsp3) is 0.724. The molecular weight excluding hydrogens is 582 g/mol. The quantitative estimate of drug-likeness (QED) is 0.151. The van der Waals surface area contributed by atoms with Gasteiger partial charge in [0.25, 0.3) is 17.7 Å². The zero-order valence-electron chi connectivity index (χ0n) is 27.0. The van der Waals surface area contributed by atoms with Gasteiger partial charge in [0.1, 0.15) is 19.8 Å². The lowest BCUT2D eigenvalue weighted by atomic mass is 10.2. The Morgan fingerprint density at radius 2 is 1.09 bits per heavy atom. The van der Waals surface area contributed by atoms with Crippen LogP contribution in [0.15, 0.2) is 9.98 Å². The Bertz CT molecular complexity index is 910. The Hall–Kier alpha value is -4.04. The zero-order chi connectivity index (χ0) is 34.2. The fourth-order valence-corrected chi connectivity index (χ4v) is 2.20. The highest BCUT2D eigenvalue weighted by Gasteiger charge is 2.19. The number of esters is 2. The van der Waals surface area contributed by atoms with E-state index in [-0.39, 0.29) is 61.8 Å². The minimum absolute atomic E-state index is 0.00297. The highest BCUT2D eigenvalue weighted by molar-refractivity contribution is 6.36. The second kappa shape index (κ2) is 24.4. The molecule has 15 heteroatoms. The van der Waals surface area contributed by atoms with E-state index in [1.165, 1.54) is 0 Å². The van der Waals surface area contributed by atoms with Crippen LogP contribution in [0.4, 0.5) is 0 Å². The molecule has 0 unspecified atom stereocenters. The Labute approximate surface area is 258 Å². The normalized spacial score (nSPS) is 13.0. The summed E-state index contributed by atoms with van der Waals surface area (Å²) in [5.74, 6) is -3.23. The van der Waals surface area contributed by atoms with Gasteiger partial charge in [-0.05, 0) is 6.42 Å². The van der Waals surface area contributed by atoms with Crippen LogP contribution < -0.4 is 5.32 Å². The topological polar surface area (TPSA) is 217 Å². The standard InChI is InChI=1S/C15H25NO6.C6H8N2O2.2C4H8O2/c1-10(2)14(19)21-8-5-6-12(17)13(18)16-7-9-22-15(20)11(3)4;1-3-9-5(7-1)6-8-2-4-10-6;2*1-3(2)4(5)6/h10-11H,5-9H2,1-4H3,(H,16,18);1-4H2;2*3H,1-2H3,(H,5,6). The van der Waals surface area contributed by atoms with Crippen molar-refractivity contribution in [3.63, 3.8) is 0 Å². The summed E-state index contributed by atoms with van der Waals surface area (Å²) in [6.07, 6.45) is 0.302. The Kier molecular flexibility index (Phi) is 23.3. The van der Waals surface area contributed by atoms with Gasteiger partial charge in [-0.3, -0.25) is 28.8 Å². The number of carboxylic acid groups (broad SMARTS) is 2. The van der Waals surface area contributed by atoms with Gasteiger partial charge < -0.3 is 34.5 Å². The van der Waals surface area contributed by atoms with Crippen LogP contribution in [-0.2, 0) is 47.7 Å². The highest BCUT2D eigenvalue weighted by Crippen LogP contribution is 2.02. The van der Waals surface area contributed by atoms with Gasteiger partial charge in [-0.25, -0.2) is 9.98 Å². The third-order valence-corrected chi connectivity index (χ3v) is 4.96. The Morgan fingerprint density at radius 3 is 1.41 bits per heavy atom. The number of carbonyl (C=O) groups excluding carboxylic acids is 4. The van der Waals surface area contributed by atoms with Crippen molar-refractivity contribution in [1.29, 1.82) is 0 Å². The average Bonchev–Trinajstić information content (AvgIpc) is 3.68. The molecule has 252 valence electrons. The maximum absolute atomic E-state index is 11.5. The van der Waals surface area contributed by atoms with Gasteiger partial charge >= 0.3 is 23.9 Å². The molecule has 0 aromatic carbocycles. The van der Waals surface area contributed by atoms with Crippen molar-refractivity contribution in [2.75, 3.05) is 46.1 Å². The number of Topliss-reactive ketones (excluding diaryl/α,β-unsaturated/α-hetero) is 1. The van der Waals surface area contributed by atoms with Crippen LogP contribution in [0.25, 0.3) is 0 Å². The van der Waals surface area contributed by atoms with Crippen molar-refractivity contribution in [2.24, 2.45) is 33.7 Å². The third kappa shape index (κ3) is 22.5. The first kappa shape index (κ1) is 42.1. The smallest absolute Gasteiger partial charge is 0.308 e. The fourth-order valence-electron chi connectivity index (χ4n) is 2.20. The molecule has 0 fully saturated rings. The summed E-state index contributed by atoms with van der Waals surface area (Å²) >= 11 is 0. The number of nitrogens with zero attached hydrogens (tertiary/aromatic N) is 2. The predicted octanol–water partition coefficient (Wildman–Crippen LogP) is 2.15. The molecule has 15 nitrogen and oxygen atoms in total. The zero-order valence-corrected chi connectivity index (χ0v) is 27.0. The van der Waals surface area contributed by atoms with Crippen LogP contribution in [0, 0.1) is 23.7 Å². The Morgan fingerprint density at radius 1 is 0.705 bits per heavy atom. The average molecular weight is 632 g/mol. The molecule has 0 bridgehead atoms. The van der Waals surface area contributed by atoms with Crippen LogP contribution in [-0.4, -0.2) is 104 Å². The minimum atomic E-state index is -0.741. The van der Waals surface area contributed by atoms with Crippen LogP contribution >= 0.6 is 0 Å². The lowest BCUT2D eigenvalue weighted by molar-refractivity contribution is -0.148. The molecular formula is C29H49N3O12. The maximum Gasteiger partial charge on any atom is 0.308 e. The van der Waals surface area contributed by atoms with E-state index in [4.69, 9.17) is 29.2 Å². The number of rotatable bonds is 13. The molecule has 0 atom stereocenters. The van der Waals surface area contributed by atoms with Crippen molar-refractivity contribution in [1.82, 2.24) is 5.32 Å². The first-order chi connectivity index (χ1) is 20.5. The van der Waals surface area contributed by atoms with Crippen LogP contribution in [0.2, 0.25) is 0 Å². The molecule has 0 radical (unpaired) electrons. The number of hydrogen-bond donors (Lipinski definition) is 3. The molecule has 2 rings (SSSR count). The molecule has 0 aromatic heterocycles. The van der Waals surface area contributed by atoms with Crippen molar-refractivity contribution in [3.8, 4) is 0 Å². The molecule has 0 spiro atoms. The molecule has 3 N–H and O–H groups in total. The molecule has 0 saturated carbocycles. The summed E-state index contributed by atoms with van der Waals surface area (Å²) in [6.45, 7) is 16.4. The van der Waals surface area contributed by atoms with Gasteiger partial charge in [0.05, 0.1) is 49.9 Å². The number of amides is 1. The van der Waals surface area contributed by atoms with Gasteiger partial charge in [-0.15, -0.1) is 0 Å². The van der Waals surface area contributed by atoms with Gasteiger partial charge in [-0.1, -0.05) is 55.4 Å². The van der Waals surface area contributed by atoms with E-state index in [0.717, 1.165) is 13.1 Å². The Balaban J connectivity index is 0. The number of hydrogen-bond acceptors (Lipinski definition) is 12. The van der Waals surface area contributed by atoms with Crippen molar-refractivity contribution in [2.45, 2.75) is 68.2 Å². The summed E-state index contributed by atoms with van der Waals surface area (Å²) < 4.78 is 20.0. The number of carbonyl (C=O) groups is 6. The van der Waals surface area contributed by atoms with E-state index in [0.29, 0.717) is 31.4 Å². The molecule has 1 amide bonds. The number of aliphatic carboxylic acids is 2. The number of aliphatic imine (C=N–C) groups is 2. The molecule has 2 aliphatic heterocycles. The summed E-state index contributed by atoms with van der Waals surface area (Å²) in [5, 5.41) is 18.4. The number of ketones is 1. The number of carboxylic acids is 2. The third-order valence-electron chi connectivity index (χ3n) is 4.96. The van der Waals surface area contributed by atoms with E-state index in [1.54, 1.807) is 55.4 Å². The largest absolute Gasteiger partial charge is 0.481 e. The van der Waals surface area contributed by atoms with Gasteiger partial charge in [0.2, 0.25) is 5.78 Å². The van der Waals surface area contributed by atoms with Gasteiger partial charge in [-0.2, -0.15) is 0 Å². The second-order valence-electron chi connectivity index (χ2n) is 10.5. The second-order valence-corrected chi connectivity index (χ2v) is 10.5. The van der Waals surface area contributed by atoms with Crippen LogP contribution in [0.1, 0.15) is 68.2 Å². The summed E-state index contributed by atoms with van der Waals surface area (Å²) in [5.41, 5.74) is 0. The van der Waals surface area contributed by atoms with Crippen molar-refractivity contribution >= 4 is 47.4 Å². The minimum Gasteiger partial charge on any atom is -0.481 e. The van der Waals surface area contributed by atoms with E-state index < -0.39 is 23.6 Å². The molecule has 2 aliphatic rings. The van der Waals surface area contributed by atoms with E-state index in [9.17, 15) is 28.8 Å². The van der Waals surface area contributed by atoms with Crippen molar-refractivity contribution < 1.29 is 57.9 Å². The summed E-state index contributed by atoms with van der Waals surface area (Å²) in [4.78, 5) is 72.8. The predicted molar refractivity (Wildman–Crippen MR) is 160 cm³/mol. The number of nitrogens with one attached hydrogen (secondary N) is 1. The maximum atomic E-state index is 11.5. The molecule has 0 saturated heterocycles. The molecule has 0 aliphatic carbocycles. The lowest BCUT2D eigenvalue weighted by Gasteiger charge is -2.08. The van der Waals surface area contributed by atoms with Crippen LogP contribution in [0.3, 0.4) is 0 Å². The molecule has 44 heavy (non-hydrogen) atoms. The summed E-state index contributed by atoms with van der Waals surface area (Å²) in [6, 6.07) is 0. The molecule has 2 heterocycles. The number of ether oxygens (including phenoxy) is 4. The van der Waals surface area contributed by atoms with E-state index >= 15 is 0 Å². The van der Waals surface area contributed by atoms with Gasteiger partial charge in [0.15, 0.2) is 0 Å². The van der Waals surface area contributed by atoms with E-state index in [1.807, 2.05) is 0 Å². The molecule has 0 aromatic rings. The van der Waals surface area contributed by atoms with E-state index in [2.05, 4.69) is 15.3 Å². The first-order valence-corrected chi connectivity index (χ1v) is 14.5.